The molecule has 0 aromatic heterocycles. The van der Waals surface area contributed by atoms with Gasteiger partial charge in [0, 0.05) is 0 Å². The summed E-state index contributed by atoms with van der Waals surface area (Å²) in [4.78, 5) is 0. The summed E-state index contributed by atoms with van der Waals surface area (Å²) in [5.41, 5.74) is 5.26. The Kier molecular flexibility index (Phi) is 2.67. The highest BCUT2D eigenvalue weighted by atomic mass is 16.5. The molecule has 0 aromatic carbocycles. The van der Waals surface area contributed by atoms with E-state index in [1.807, 2.05) is 0 Å². The lowest BCUT2D eigenvalue weighted by Crippen LogP contribution is -2.59. The van der Waals surface area contributed by atoms with Gasteiger partial charge in [-0.25, -0.2) is 0 Å². The van der Waals surface area contributed by atoms with Crippen LogP contribution < -0.4 is 5.73 Å². The van der Waals surface area contributed by atoms with E-state index in [1.165, 1.54) is 0 Å². The Labute approximate surface area is 69.8 Å². The molecule has 5 atom stereocenters. The van der Waals surface area contributed by atoms with E-state index >= 15 is 0 Å². The van der Waals surface area contributed by atoms with E-state index in [0.717, 1.165) is 0 Å². The highest BCUT2D eigenvalue weighted by Crippen LogP contribution is 2.17. The molecule has 12 heavy (non-hydrogen) atoms. The average molecular weight is 173 g/mol. The van der Waals surface area contributed by atoms with E-state index in [0.29, 0.717) is 0 Å². The Morgan fingerprint density at radius 3 is 2.25 bits per heavy atom. The van der Waals surface area contributed by atoms with Gasteiger partial charge < -0.3 is 25.8 Å². The number of rotatable bonds is 0. The van der Waals surface area contributed by atoms with Crippen LogP contribution in [0, 0.1) is 12.3 Å². The summed E-state index contributed by atoms with van der Waals surface area (Å²) in [6.45, 7) is 0. The third kappa shape index (κ3) is 1.43. The summed E-state index contributed by atoms with van der Waals surface area (Å²) in [7, 11) is 0. The van der Waals surface area contributed by atoms with E-state index in [1.54, 1.807) is 0 Å². The highest BCUT2D eigenvalue weighted by molar-refractivity contribution is 5.05. The van der Waals surface area contributed by atoms with Gasteiger partial charge in [0.15, 0.2) is 0 Å². The molecule has 1 aliphatic rings. The molecular weight excluding hydrogens is 162 g/mol. The molecule has 5 N–H and O–H groups in total. The van der Waals surface area contributed by atoms with Crippen molar-refractivity contribution in [2.45, 2.75) is 30.6 Å². The second kappa shape index (κ2) is 3.39. The second-order valence-electron chi connectivity index (χ2n) is 2.66. The van der Waals surface area contributed by atoms with Crippen molar-refractivity contribution in [2.24, 2.45) is 5.73 Å². The normalized spacial score (nSPS) is 48.4. The molecule has 68 valence electrons. The van der Waals surface area contributed by atoms with Crippen LogP contribution in [0.5, 0.6) is 0 Å². The minimum absolute atomic E-state index is 0.960. The third-order valence-corrected chi connectivity index (χ3v) is 1.81. The highest BCUT2D eigenvalue weighted by Gasteiger charge is 2.41. The van der Waals surface area contributed by atoms with Crippen LogP contribution in [0.15, 0.2) is 0 Å². The predicted octanol–water partition coefficient (Wildman–Crippen LogP) is -2.61. The molecule has 1 saturated heterocycles. The van der Waals surface area contributed by atoms with Gasteiger partial charge in [0.05, 0.1) is 0 Å². The number of aliphatic hydroxyl groups excluding tert-OH is 3. The SMILES string of the molecule is C#CC1OC(N)C(O)C(O)C1O. The summed E-state index contributed by atoms with van der Waals surface area (Å²) >= 11 is 0. The average Bonchev–Trinajstić information content (AvgIpc) is 2.08. The molecule has 5 nitrogen and oxygen atoms in total. The van der Waals surface area contributed by atoms with Gasteiger partial charge in [-0.3, -0.25) is 0 Å². The largest absolute Gasteiger partial charge is 0.387 e. The first-order chi connectivity index (χ1) is 5.57. The van der Waals surface area contributed by atoms with E-state index in [2.05, 4.69) is 5.92 Å². The summed E-state index contributed by atoms with van der Waals surface area (Å²) in [6, 6.07) is 0. The van der Waals surface area contributed by atoms with Gasteiger partial charge in [0.25, 0.3) is 0 Å². The summed E-state index contributed by atoms with van der Waals surface area (Å²) in [5, 5.41) is 27.5. The Morgan fingerprint density at radius 1 is 1.17 bits per heavy atom. The maximum atomic E-state index is 9.19. The van der Waals surface area contributed by atoms with Crippen LogP contribution in [0.4, 0.5) is 0 Å². The van der Waals surface area contributed by atoms with Gasteiger partial charge in [-0.05, 0) is 0 Å². The molecule has 0 amide bonds. The first-order valence-electron chi connectivity index (χ1n) is 3.49. The standard InChI is InChI=1S/C7H11NO4/c1-2-3-4(9)5(10)6(11)7(8)12-3/h1,3-7,9-11H,8H2. The monoisotopic (exact) mass is 173 g/mol. The number of hydrogen-bond donors (Lipinski definition) is 4. The quantitative estimate of drug-likeness (QED) is 0.301. The van der Waals surface area contributed by atoms with Crippen LogP contribution in [0.3, 0.4) is 0 Å². The maximum absolute atomic E-state index is 9.19. The lowest BCUT2D eigenvalue weighted by molar-refractivity contribution is -0.204. The van der Waals surface area contributed by atoms with Crippen LogP contribution in [0.2, 0.25) is 0 Å². The Hall–Kier alpha value is -0.640. The first-order valence-corrected chi connectivity index (χ1v) is 3.49. The van der Waals surface area contributed by atoms with E-state index < -0.39 is 30.6 Å². The van der Waals surface area contributed by atoms with Crippen molar-refractivity contribution in [2.75, 3.05) is 0 Å². The molecule has 5 unspecified atom stereocenters. The van der Waals surface area contributed by atoms with Gasteiger partial charge in [0.1, 0.15) is 30.6 Å². The maximum Gasteiger partial charge on any atom is 0.148 e. The molecule has 0 radical (unpaired) electrons. The molecule has 0 aromatic rings. The molecule has 0 spiro atoms. The summed E-state index contributed by atoms with van der Waals surface area (Å²) < 4.78 is 4.81. The summed E-state index contributed by atoms with van der Waals surface area (Å²) in [5.74, 6) is 2.11. The number of terminal acetylenes is 1. The van der Waals surface area contributed by atoms with E-state index in [9.17, 15) is 5.11 Å². The minimum atomic E-state index is -1.35. The molecular formula is C7H11NO4. The fourth-order valence-electron chi connectivity index (χ4n) is 1.04. The Morgan fingerprint density at radius 2 is 1.75 bits per heavy atom. The second-order valence-corrected chi connectivity index (χ2v) is 2.66. The number of nitrogens with two attached hydrogens (primary N) is 1. The van der Waals surface area contributed by atoms with Gasteiger partial charge in [-0.15, -0.1) is 6.42 Å². The number of aliphatic hydroxyl groups is 3. The van der Waals surface area contributed by atoms with Crippen LogP contribution in [0.1, 0.15) is 0 Å². The first kappa shape index (κ1) is 9.45. The molecule has 1 heterocycles. The fraction of sp³-hybridized carbons (Fsp3) is 0.714. The Balaban J connectivity index is 2.72. The van der Waals surface area contributed by atoms with Gasteiger partial charge in [-0.1, -0.05) is 5.92 Å². The summed E-state index contributed by atoms with van der Waals surface area (Å²) in [6.07, 6.45) is -0.972. The smallest absolute Gasteiger partial charge is 0.148 e. The van der Waals surface area contributed by atoms with Gasteiger partial charge in [0.2, 0.25) is 0 Å². The molecule has 0 bridgehead atoms. The molecule has 0 saturated carbocycles. The van der Waals surface area contributed by atoms with E-state index in [-0.39, 0.29) is 0 Å². The minimum Gasteiger partial charge on any atom is -0.387 e. The zero-order valence-corrected chi connectivity index (χ0v) is 6.29. The third-order valence-electron chi connectivity index (χ3n) is 1.81. The van der Waals surface area contributed by atoms with Crippen molar-refractivity contribution in [3.63, 3.8) is 0 Å². The van der Waals surface area contributed by atoms with Gasteiger partial charge >= 0.3 is 0 Å². The van der Waals surface area contributed by atoms with Crippen LogP contribution in [-0.2, 0) is 4.74 Å². The molecule has 5 heteroatoms. The van der Waals surface area contributed by atoms with Crippen molar-refractivity contribution in [1.82, 2.24) is 0 Å². The lowest BCUT2D eigenvalue weighted by Gasteiger charge is -2.36. The zero-order chi connectivity index (χ0) is 9.30. The van der Waals surface area contributed by atoms with Crippen LogP contribution >= 0.6 is 0 Å². The van der Waals surface area contributed by atoms with Crippen molar-refractivity contribution in [1.29, 1.82) is 0 Å². The molecule has 1 fully saturated rings. The number of hydrogen-bond acceptors (Lipinski definition) is 5. The Bertz CT molecular complexity index is 202. The fourth-order valence-corrected chi connectivity index (χ4v) is 1.04. The van der Waals surface area contributed by atoms with Gasteiger partial charge in [-0.2, -0.15) is 0 Å². The van der Waals surface area contributed by atoms with Crippen molar-refractivity contribution in [3.05, 3.63) is 0 Å². The van der Waals surface area contributed by atoms with Crippen LogP contribution in [-0.4, -0.2) is 46.0 Å². The molecule has 0 aliphatic carbocycles. The lowest BCUT2D eigenvalue weighted by atomic mass is 9.99. The predicted molar refractivity (Wildman–Crippen MR) is 39.7 cm³/mol. The van der Waals surface area contributed by atoms with Crippen molar-refractivity contribution >= 4 is 0 Å². The topological polar surface area (TPSA) is 95.9 Å². The zero-order valence-electron chi connectivity index (χ0n) is 6.29. The molecule has 1 rings (SSSR count). The van der Waals surface area contributed by atoms with E-state index in [4.69, 9.17) is 27.1 Å². The van der Waals surface area contributed by atoms with Crippen LogP contribution in [0.25, 0.3) is 0 Å². The number of ether oxygens (including phenoxy) is 1. The van der Waals surface area contributed by atoms with Crippen molar-refractivity contribution in [3.8, 4) is 12.3 Å². The molecule has 1 aliphatic heterocycles. The van der Waals surface area contributed by atoms with Crippen molar-refractivity contribution < 1.29 is 20.1 Å².